The number of nitrogens with zero attached hydrogens (tertiary/aromatic N) is 1. The molecular weight excluding hydrogens is 287 g/mol. The summed E-state index contributed by atoms with van der Waals surface area (Å²) in [6.07, 6.45) is 0. The summed E-state index contributed by atoms with van der Waals surface area (Å²) < 4.78 is 13.1. The Hall–Kier alpha value is -2.32. The number of amides is 1. The van der Waals surface area contributed by atoms with Crippen LogP contribution in [-0.4, -0.2) is 11.7 Å². The van der Waals surface area contributed by atoms with Crippen molar-refractivity contribution in [2.24, 2.45) is 0 Å². The number of fused-ring (bicyclic) bond motifs is 1. The van der Waals surface area contributed by atoms with Crippen molar-refractivity contribution in [1.82, 2.24) is 0 Å². The van der Waals surface area contributed by atoms with Crippen molar-refractivity contribution in [2.75, 3.05) is 11.1 Å². The quantitative estimate of drug-likeness (QED) is 0.923. The standard InChI is InChI=1S/C16H11FN2OS/c17-11-5-6-14(10(7-11)8-18)19-16(20)13-9-21-15-4-2-1-3-12(13)15/h1-7,13H,9H2,(H,19,20). The van der Waals surface area contributed by atoms with Gasteiger partial charge in [0.25, 0.3) is 0 Å². The summed E-state index contributed by atoms with van der Waals surface area (Å²) in [5.41, 5.74) is 1.47. The van der Waals surface area contributed by atoms with Gasteiger partial charge in [0.2, 0.25) is 5.91 Å². The maximum Gasteiger partial charge on any atom is 0.232 e. The number of carbonyl (C=O) groups is 1. The van der Waals surface area contributed by atoms with Crippen molar-refractivity contribution in [1.29, 1.82) is 5.26 Å². The third-order valence-electron chi connectivity index (χ3n) is 3.38. The molecule has 3 nitrogen and oxygen atoms in total. The molecule has 3 rings (SSSR count). The minimum Gasteiger partial charge on any atom is -0.324 e. The molecule has 1 aliphatic rings. The zero-order valence-electron chi connectivity index (χ0n) is 11.0. The first kappa shape index (κ1) is 13.7. The van der Waals surface area contributed by atoms with Crippen LogP contribution in [0.15, 0.2) is 47.4 Å². The van der Waals surface area contributed by atoms with Crippen LogP contribution in [0.25, 0.3) is 0 Å². The van der Waals surface area contributed by atoms with Crippen LogP contribution in [0.4, 0.5) is 10.1 Å². The zero-order valence-corrected chi connectivity index (χ0v) is 11.8. The lowest BCUT2D eigenvalue weighted by atomic mass is 10.0. The normalized spacial score (nSPS) is 16.1. The van der Waals surface area contributed by atoms with Gasteiger partial charge in [-0.05, 0) is 29.8 Å². The molecule has 0 aliphatic carbocycles. The molecule has 1 aliphatic heterocycles. The van der Waals surface area contributed by atoms with Gasteiger partial charge in [0.15, 0.2) is 0 Å². The summed E-state index contributed by atoms with van der Waals surface area (Å²) in [4.78, 5) is 13.5. The van der Waals surface area contributed by atoms with Crippen molar-refractivity contribution in [3.63, 3.8) is 0 Å². The third kappa shape index (κ3) is 2.63. The van der Waals surface area contributed by atoms with Crippen LogP contribution in [-0.2, 0) is 4.79 Å². The highest BCUT2D eigenvalue weighted by molar-refractivity contribution is 7.99. The first-order chi connectivity index (χ1) is 10.2. The molecule has 1 N–H and O–H groups in total. The summed E-state index contributed by atoms with van der Waals surface area (Å²) in [5, 5.41) is 11.7. The van der Waals surface area contributed by atoms with E-state index in [1.165, 1.54) is 12.1 Å². The molecule has 0 saturated carbocycles. The molecule has 1 amide bonds. The van der Waals surface area contributed by atoms with E-state index in [9.17, 15) is 9.18 Å². The smallest absolute Gasteiger partial charge is 0.232 e. The van der Waals surface area contributed by atoms with E-state index >= 15 is 0 Å². The van der Waals surface area contributed by atoms with Gasteiger partial charge in [0.05, 0.1) is 17.2 Å². The minimum atomic E-state index is -0.494. The fourth-order valence-electron chi connectivity index (χ4n) is 2.32. The number of carbonyl (C=O) groups excluding carboxylic acids is 1. The average molecular weight is 298 g/mol. The van der Waals surface area contributed by atoms with Crippen LogP contribution in [0.3, 0.4) is 0 Å². The fraction of sp³-hybridized carbons (Fsp3) is 0.125. The molecule has 1 heterocycles. The Balaban J connectivity index is 1.84. The maximum atomic E-state index is 13.1. The molecule has 0 fully saturated rings. The number of thioether (sulfide) groups is 1. The van der Waals surface area contributed by atoms with Crippen LogP contribution in [0.1, 0.15) is 17.0 Å². The summed E-state index contributed by atoms with van der Waals surface area (Å²) in [5.74, 6) is -0.237. The topological polar surface area (TPSA) is 52.9 Å². The predicted octanol–water partition coefficient (Wildman–Crippen LogP) is 3.53. The number of hydrogen-bond acceptors (Lipinski definition) is 3. The van der Waals surface area contributed by atoms with Crippen LogP contribution < -0.4 is 5.32 Å². The first-order valence-corrected chi connectivity index (χ1v) is 7.40. The minimum absolute atomic E-state index is 0.127. The number of halogens is 1. The van der Waals surface area contributed by atoms with Crippen LogP contribution in [0.2, 0.25) is 0 Å². The van der Waals surface area contributed by atoms with E-state index in [4.69, 9.17) is 5.26 Å². The Labute approximate surface area is 125 Å². The Morgan fingerprint density at radius 2 is 2.14 bits per heavy atom. The average Bonchev–Trinajstić information content (AvgIpc) is 2.93. The maximum absolute atomic E-state index is 13.1. The fourth-order valence-corrected chi connectivity index (χ4v) is 3.55. The number of nitriles is 1. The van der Waals surface area contributed by atoms with Gasteiger partial charge in [-0.3, -0.25) is 4.79 Å². The van der Waals surface area contributed by atoms with Crippen molar-refractivity contribution in [3.8, 4) is 6.07 Å². The molecule has 21 heavy (non-hydrogen) atoms. The summed E-state index contributed by atoms with van der Waals surface area (Å²) in [6, 6.07) is 13.4. The second-order valence-corrected chi connectivity index (χ2v) is 5.75. The SMILES string of the molecule is N#Cc1cc(F)ccc1NC(=O)C1CSc2ccccc21. The largest absolute Gasteiger partial charge is 0.324 e. The lowest BCUT2D eigenvalue weighted by Gasteiger charge is -2.12. The molecule has 1 unspecified atom stereocenters. The number of nitrogens with one attached hydrogen (secondary N) is 1. The highest BCUT2D eigenvalue weighted by Gasteiger charge is 2.29. The molecule has 1 atom stereocenters. The summed E-state index contributed by atoms with van der Waals surface area (Å²) >= 11 is 1.64. The van der Waals surface area contributed by atoms with Gasteiger partial charge in [-0.2, -0.15) is 5.26 Å². The van der Waals surface area contributed by atoms with Crippen molar-refractivity contribution in [2.45, 2.75) is 10.8 Å². The molecule has 2 aromatic rings. The molecule has 104 valence electrons. The highest BCUT2D eigenvalue weighted by Crippen LogP contribution is 2.39. The van der Waals surface area contributed by atoms with Crippen LogP contribution in [0.5, 0.6) is 0 Å². The van der Waals surface area contributed by atoms with E-state index in [1.807, 2.05) is 30.3 Å². The van der Waals surface area contributed by atoms with Crippen molar-refractivity contribution in [3.05, 3.63) is 59.4 Å². The van der Waals surface area contributed by atoms with Crippen molar-refractivity contribution >= 4 is 23.4 Å². The number of benzene rings is 2. The predicted molar refractivity (Wildman–Crippen MR) is 79.7 cm³/mol. The van der Waals surface area contributed by atoms with Gasteiger partial charge >= 0.3 is 0 Å². The molecule has 0 saturated heterocycles. The van der Waals surface area contributed by atoms with E-state index in [-0.39, 0.29) is 17.4 Å². The van der Waals surface area contributed by atoms with E-state index in [2.05, 4.69) is 5.32 Å². The number of rotatable bonds is 2. The monoisotopic (exact) mass is 298 g/mol. The van der Waals surface area contributed by atoms with Crippen molar-refractivity contribution < 1.29 is 9.18 Å². The van der Waals surface area contributed by atoms with Gasteiger partial charge < -0.3 is 5.32 Å². The Kier molecular flexibility index (Phi) is 3.63. The molecule has 0 spiro atoms. The Morgan fingerprint density at radius 1 is 1.33 bits per heavy atom. The van der Waals surface area contributed by atoms with E-state index in [0.717, 1.165) is 16.5 Å². The number of anilines is 1. The van der Waals surface area contributed by atoms with Crippen LogP contribution in [0, 0.1) is 17.1 Å². The molecule has 0 aromatic heterocycles. The highest BCUT2D eigenvalue weighted by atomic mass is 32.2. The van der Waals surface area contributed by atoms with Gasteiger partial charge in [-0.25, -0.2) is 4.39 Å². The number of hydrogen-bond donors (Lipinski definition) is 1. The van der Waals surface area contributed by atoms with Gasteiger partial charge in [-0.15, -0.1) is 11.8 Å². The third-order valence-corrected chi connectivity index (χ3v) is 4.56. The van der Waals surface area contributed by atoms with Gasteiger partial charge in [-0.1, -0.05) is 18.2 Å². The first-order valence-electron chi connectivity index (χ1n) is 6.41. The molecule has 5 heteroatoms. The van der Waals surface area contributed by atoms with E-state index in [1.54, 1.807) is 11.8 Å². The van der Waals surface area contributed by atoms with E-state index in [0.29, 0.717) is 11.4 Å². The second-order valence-electron chi connectivity index (χ2n) is 4.69. The van der Waals surface area contributed by atoms with Gasteiger partial charge in [0.1, 0.15) is 11.9 Å². The zero-order chi connectivity index (χ0) is 14.8. The summed E-state index contributed by atoms with van der Waals surface area (Å²) in [6.45, 7) is 0. The second kappa shape index (κ2) is 5.58. The Bertz CT molecular complexity index is 754. The van der Waals surface area contributed by atoms with Crippen LogP contribution >= 0.6 is 11.8 Å². The molecule has 0 bridgehead atoms. The van der Waals surface area contributed by atoms with E-state index < -0.39 is 5.82 Å². The lowest BCUT2D eigenvalue weighted by Crippen LogP contribution is -2.21. The van der Waals surface area contributed by atoms with Gasteiger partial charge in [0, 0.05) is 10.6 Å². The lowest BCUT2D eigenvalue weighted by molar-refractivity contribution is -0.117. The Morgan fingerprint density at radius 3 is 2.95 bits per heavy atom. The molecule has 2 aromatic carbocycles. The molecule has 0 radical (unpaired) electrons. The summed E-state index contributed by atoms with van der Waals surface area (Å²) in [7, 11) is 0. The molecular formula is C16H11FN2OS.